The maximum Gasteiger partial charge on any atom is 0.224 e. The van der Waals surface area contributed by atoms with E-state index in [1.54, 1.807) is 6.92 Å². The van der Waals surface area contributed by atoms with Crippen LogP contribution in [0.5, 0.6) is 0 Å². The number of hydrogen-bond acceptors (Lipinski definition) is 6. The van der Waals surface area contributed by atoms with Crippen LogP contribution in [0.25, 0.3) is 10.9 Å². The monoisotopic (exact) mass is 275 g/mol. The van der Waals surface area contributed by atoms with Crippen LogP contribution in [-0.2, 0) is 6.54 Å². The molecule has 2 aromatic heterocycles. The van der Waals surface area contributed by atoms with E-state index in [4.69, 9.17) is 16.1 Å². The molecule has 0 fully saturated rings. The van der Waals surface area contributed by atoms with Crippen LogP contribution >= 0.6 is 11.6 Å². The first-order chi connectivity index (χ1) is 9.22. The van der Waals surface area contributed by atoms with Crippen LogP contribution in [0.15, 0.2) is 28.8 Å². The molecule has 0 aliphatic carbocycles. The predicted octanol–water partition coefficient (Wildman–Crippen LogP) is 2.59. The van der Waals surface area contributed by atoms with Gasteiger partial charge in [0.05, 0.1) is 12.1 Å². The molecule has 19 heavy (non-hydrogen) atoms. The summed E-state index contributed by atoms with van der Waals surface area (Å²) in [6.45, 7) is 2.15. The van der Waals surface area contributed by atoms with E-state index in [1.807, 2.05) is 24.3 Å². The fraction of sp³-hybridized carbons (Fsp3) is 0.167. The number of fused-ring (bicyclic) bond motifs is 1. The van der Waals surface area contributed by atoms with E-state index in [2.05, 4.69) is 25.4 Å². The molecular formula is C12H10ClN5O. The molecule has 0 saturated carbocycles. The second-order valence-electron chi connectivity index (χ2n) is 3.94. The van der Waals surface area contributed by atoms with E-state index < -0.39 is 0 Å². The summed E-state index contributed by atoms with van der Waals surface area (Å²) in [6, 6.07) is 7.63. The van der Waals surface area contributed by atoms with Gasteiger partial charge in [-0.3, -0.25) is 0 Å². The molecule has 6 nitrogen and oxygen atoms in total. The highest BCUT2D eigenvalue weighted by Crippen LogP contribution is 2.21. The standard InChI is InChI=1S/C12H10ClN5O/c1-7-15-10(18-19-7)6-14-11-8-4-2-3-5-9(8)16-12(13)17-11/h2-5H,6H2,1H3,(H,14,16,17). The average Bonchev–Trinajstić information content (AvgIpc) is 2.81. The molecule has 0 aliphatic rings. The first-order valence-corrected chi connectivity index (χ1v) is 6.05. The molecule has 96 valence electrons. The summed E-state index contributed by atoms with van der Waals surface area (Å²) in [5, 5.41) is 8.04. The summed E-state index contributed by atoms with van der Waals surface area (Å²) >= 11 is 5.90. The number of nitrogens with zero attached hydrogens (tertiary/aromatic N) is 4. The van der Waals surface area contributed by atoms with Crippen molar-refractivity contribution < 1.29 is 4.52 Å². The van der Waals surface area contributed by atoms with Crippen LogP contribution in [0, 0.1) is 6.92 Å². The molecule has 7 heteroatoms. The number of para-hydroxylation sites is 1. The third kappa shape index (κ3) is 2.48. The Labute approximate surface area is 113 Å². The Morgan fingerprint density at radius 1 is 1.21 bits per heavy atom. The van der Waals surface area contributed by atoms with Gasteiger partial charge < -0.3 is 9.84 Å². The summed E-state index contributed by atoms with van der Waals surface area (Å²) in [5.74, 6) is 1.75. The average molecular weight is 276 g/mol. The van der Waals surface area contributed by atoms with Crippen LogP contribution in [0.1, 0.15) is 11.7 Å². The quantitative estimate of drug-likeness (QED) is 0.740. The second-order valence-corrected chi connectivity index (χ2v) is 4.28. The van der Waals surface area contributed by atoms with Crippen molar-refractivity contribution in [3.63, 3.8) is 0 Å². The Hall–Kier alpha value is -2.21. The Bertz CT molecular complexity index is 727. The first-order valence-electron chi connectivity index (χ1n) is 5.68. The number of benzene rings is 1. The molecule has 0 spiro atoms. The molecule has 0 unspecified atom stereocenters. The van der Waals surface area contributed by atoms with Gasteiger partial charge in [0.1, 0.15) is 5.82 Å². The number of nitrogens with one attached hydrogen (secondary N) is 1. The molecule has 3 aromatic rings. The molecule has 1 aromatic carbocycles. The Balaban J connectivity index is 1.91. The third-order valence-corrected chi connectivity index (χ3v) is 2.73. The minimum atomic E-state index is 0.200. The highest BCUT2D eigenvalue weighted by Gasteiger charge is 2.07. The molecular weight excluding hydrogens is 266 g/mol. The fourth-order valence-electron chi connectivity index (χ4n) is 1.76. The zero-order valence-electron chi connectivity index (χ0n) is 10.1. The van der Waals surface area contributed by atoms with E-state index in [9.17, 15) is 0 Å². The lowest BCUT2D eigenvalue weighted by molar-refractivity contribution is 0.388. The van der Waals surface area contributed by atoms with E-state index >= 15 is 0 Å². The van der Waals surface area contributed by atoms with Crippen molar-refractivity contribution in [2.24, 2.45) is 0 Å². The van der Waals surface area contributed by atoms with E-state index in [0.717, 1.165) is 10.9 Å². The Morgan fingerprint density at radius 2 is 2.05 bits per heavy atom. The topological polar surface area (TPSA) is 76.7 Å². The zero-order valence-corrected chi connectivity index (χ0v) is 10.8. The predicted molar refractivity (Wildman–Crippen MR) is 70.9 cm³/mol. The van der Waals surface area contributed by atoms with Crippen LogP contribution in [-0.4, -0.2) is 20.1 Å². The molecule has 1 N–H and O–H groups in total. The van der Waals surface area contributed by atoms with E-state index in [1.165, 1.54) is 0 Å². The van der Waals surface area contributed by atoms with Crippen LogP contribution < -0.4 is 5.32 Å². The van der Waals surface area contributed by atoms with Crippen molar-refractivity contribution in [1.82, 2.24) is 20.1 Å². The second kappa shape index (κ2) is 4.81. The summed E-state index contributed by atoms with van der Waals surface area (Å²) in [4.78, 5) is 12.5. The molecule has 0 amide bonds. The number of aromatic nitrogens is 4. The Morgan fingerprint density at radius 3 is 2.84 bits per heavy atom. The first kappa shape index (κ1) is 11.9. The van der Waals surface area contributed by atoms with Crippen molar-refractivity contribution in [3.8, 4) is 0 Å². The highest BCUT2D eigenvalue weighted by atomic mass is 35.5. The van der Waals surface area contributed by atoms with Crippen molar-refractivity contribution in [2.75, 3.05) is 5.32 Å². The van der Waals surface area contributed by atoms with Gasteiger partial charge in [-0.25, -0.2) is 9.97 Å². The van der Waals surface area contributed by atoms with Gasteiger partial charge in [-0.1, -0.05) is 17.3 Å². The van der Waals surface area contributed by atoms with Gasteiger partial charge >= 0.3 is 0 Å². The third-order valence-electron chi connectivity index (χ3n) is 2.56. The smallest absolute Gasteiger partial charge is 0.224 e. The van der Waals surface area contributed by atoms with E-state index in [-0.39, 0.29) is 5.28 Å². The highest BCUT2D eigenvalue weighted by molar-refractivity contribution is 6.28. The van der Waals surface area contributed by atoms with Gasteiger partial charge in [-0.15, -0.1) is 0 Å². The van der Waals surface area contributed by atoms with Gasteiger partial charge in [0.2, 0.25) is 11.2 Å². The lowest BCUT2D eigenvalue weighted by Crippen LogP contribution is -2.04. The van der Waals surface area contributed by atoms with Gasteiger partial charge in [0, 0.05) is 12.3 Å². The summed E-state index contributed by atoms with van der Waals surface area (Å²) in [5.41, 5.74) is 0.786. The molecule has 0 saturated heterocycles. The summed E-state index contributed by atoms with van der Waals surface area (Å²) in [6.07, 6.45) is 0. The molecule has 0 atom stereocenters. The number of aryl methyl sites for hydroxylation is 1. The number of anilines is 1. The zero-order chi connectivity index (χ0) is 13.2. The minimum Gasteiger partial charge on any atom is -0.362 e. The molecule has 0 aliphatic heterocycles. The minimum absolute atomic E-state index is 0.200. The number of halogens is 1. The van der Waals surface area contributed by atoms with Gasteiger partial charge in [0.15, 0.2) is 5.82 Å². The molecule has 0 radical (unpaired) electrons. The lowest BCUT2D eigenvalue weighted by atomic mass is 10.2. The normalized spacial score (nSPS) is 10.8. The van der Waals surface area contributed by atoms with Crippen molar-refractivity contribution >= 4 is 28.3 Å². The van der Waals surface area contributed by atoms with Crippen molar-refractivity contribution in [1.29, 1.82) is 0 Å². The Kier molecular flexibility index (Phi) is 3.00. The number of rotatable bonds is 3. The number of hydrogen-bond donors (Lipinski definition) is 1. The van der Waals surface area contributed by atoms with Crippen LogP contribution in [0.4, 0.5) is 5.82 Å². The van der Waals surface area contributed by atoms with Gasteiger partial charge in [0.25, 0.3) is 0 Å². The van der Waals surface area contributed by atoms with Crippen LogP contribution in [0.3, 0.4) is 0 Å². The molecule has 2 heterocycles. The summed E-state index contributed by atoms with van der Waals surface area (Å²) in [7, 11) is 0. The van der Waals surface area contributed by atoms with Gasteiger partial charge in [-0.2, -0.15) is 4.98 Å². The lowest BCUT2D eigenvalue weighted by Gasteiger charge is -2.06. The van der Waals surface area contributed by atoms with Gasteiger partial charge in [-0.05, 0) is 23.7 Å². The molecule has 0 bridgehead atoms. The van der Waals surface area contributed by atoms with E-state index in [0.29, 0.717) is 24.1 Å². The van der Waals surface area contributed by atoms with Crippen LogP contribution in [0.2, 0.25) is 5.28 Å². The fourth-order valence-corrected chi connectivity index (χ4v) is 1.93. The van der Waals surface area contributed by atoms with Crippen molar-refractivity contribution in [3.05, 3.63) is 41.3 Å². The maximum absolute atomic E-state index is 5.90. The summed E-state index contributed by atoms with van der Waals surface area (Å²) < 4.78 is 4.90. The maximum atomic E-state index is 5.90. The van der Waals surface area contributed by atoms with Crippen molar-refractivity contribution in [2.45, 2.75) is 13.5 Å². The SMILES string of the molecule is Cc1nc(CNc2nc(Cl)nc3ccccc23)no1. The molecule has 3 rings (SSSR count). The largest absolute Gasteiger partial charge is 0.362 e.